The van der Waals surface area contributed by atoms with Crippen LogP contribution in [0.3, 0.4) is 0 Å². The van der Waals surface area contributed by atoms with Crippen molar-refractivity contribution >= 4 is 34.0 Å². The van der Waals surface area contributed by atoms with Gasteiger partial charge in [-0.3, -0.25) is 4.79 Å². The Bertz CT molecular complexity index is 1070. The van der Waals surface area contributed by atoms with Gasteiger partial charge in [-0.05, 0) is 32.1 Å². The van der Waals surface area contributed by atoms with Crippen molar-refractivity contribution in [3.05, 3.63) is 58.8 Å². The first-order valence-electron chi connectivity index (χ1n) is 10.2. The number of carbonyl (C=O) groups excluding carboxylic acids is 1. The topological polar surface area (TPSA) is 83.8 Å². The van der Waals surface area contributed by atoms with Crippen LogP contribution in [-0.2, 0) is 6.54 Å². The molecule has 0 radical (unpaired) electrons. The SMILES string of the molecule is CN(C)CCCOc1cnc(-c2cccc(CN3N=C(c4nccs4)CSC3=O)c2)nc1. The lowest BCUT2D eigenvalue weighted by Crippen LogP contribution is -2.29. The van der Waals surface area contributed by atoms with Crippen LogP contribution in [0.5, 0.6) is 5.75 Å². The second-order valence-electron chi connectivity index (χ2n) is 7.44. The van der Waals surface area contributed by atoms with E-state index in [1.165, 1.54) is 28.1 Å². The van der Waals surface area contributed by atoms with Crippen molar-refractivity contribution < 1.29 is 9.53 Å². The van der Waals surface area contributed by atoms with Crippen molar-refractivity contribution in [1.82, 2.24) is 24.9 Å². The molecule has 166 valence electrons. The zero-order valence-corrected chi connectivity index (χ0v) is 19.6. The third-order valence-electron chi connectivity index (χ3n) is 4.63. The third kappa shape index (κ3) is 5.90. The molecule has 8 nitrogen and oxygen atoms in total. The molecule has 3 heterocycles. The first kappa shape index (κ1) is 22.4. The summed E-state index contributed by atoms with van der Waals surface area (Å²) >= 11 is 2.77. The molecule has 3 aromatic rings. The summed E-state index contributed by atoms with van der Waals surface area (Å²) in [6.45, 7) is 1.97. The number of carbonyl (C=O) groups is 1. The molecular weight excluding hydrogens is 444 g/mol. The van der Waals surface area contributed by atoms with Gasteiger partial charge in [0.2, 0.25) is 0 Å². The Morgan fingerprint density at radius 3 is 2.78 bits per heavy atom. The number of hydrazone groups is 1. The van der Waals surface area contributed by atoms with Gasteiger partial charge >= 0.3 is 5.24 Å². The molecule has 0 unspecified atom stereocenters. The highest BCUT2D eigenvalue weighted by atomic mass is 32.2. The normalized spacial score (nSPS) is 14.0. The maximum Gasteiger partial charge on any atom is 0.302 e. The van der Waals surface area contributed by atoms with Crippen LogP contribution in [0, 0.1) is 0 Å². The van der Waals surface area contributed by atoms with Crippen LogP contribution in [0.4, 0.5) is 4.79 Å². The molecule has 1 aliphatic heterocycles. The Hall–Kier alpha value is -2.82. The highest BCUT2D eigenvalue weighted by Gasteiger charge is 2.23. The zero-order valence-electron chi connectivity index (χ0n) is 18.0. The number of aromatic nitrogens is 3. The van der Waals surface area contributed by atoms with Crippen molar-refractivity contribution in [3.8, 4) is 17.1 Å². The van der Waals surface area contributed by atoms with Crippen molar-refractivity contribution in [1.29, 1.82) is 0 Å². The molecule has 0 aliphatic carbocycles. The highest BCUT2D eigenvalue weighted by Crippen LogP contribution is 2.24. The van der Waals surface area contributed by atoms with Gasteiger partial charge in [0.05, 0.1) is 31.3 Å². The number of thioether (sulfide) groups is 1. The summed E-state index contributed by atoms with van der Waals surface area (Å²) in [7, 11) is 4.08. The third-order valence-corrected chi connectivity index (χ3v) is 6.33. The number of thiazole rings is 1. The summed E-state index contributed by atoms with van der Waals surface area (Å²) in [6.07, 6.45) is 6.08. The lowest BCUT2D eigenvalue weighted by Gasteiger charge is -2.22. The van der Waals surface area contributed by atoms with E-state index >= 15 is 0 Å². The largest absolute Gasteiger partial charge is 0.490 e. The molecule has 0 saturated carbocycles. The summed E-state index contributed by atoms with van der Waals surface area (Å²) in [5, 5.41) is 8.72. The predicted molar refractivity (Wildman–Crippen MR) is 128 cm³/mol. The number of hydrogen-bond donors (Lipinski definition) is 0. The standard InChI is InChI=1S/C22H24N6O2S2/c1-27(2)8-4-9-30-18-12-24-20(25-13-18)17-6-3-5-16(11-17)14-28-22(29)32-15-19(26-28)21-23-7-10-31-21/h3,5-7,10-13H,4,8-9,14-15H2,1-2H3. The smallest absolute Gasteiger partial charge is 0.302 e. The van der Waals surface area contributed by atoms with Crippen LogP contribution in [0.15, 0.2) is 53.3 Å². The average molecular weight is 469 g/mol. The fourth-order valence-corrected chi connectivity index (χ4v) is 4.50. The monoisotopic (exact) mass is 468 g/mol. The Morgan fingerprint density at radius 1 is 1.19 bits per heavy atom. The molecule has 2 aromatic heterocycles. The predicted octanol–water partition coefficient (Wildman–Crippen LogP) is 4.00. The number of amides is 1. The summed E-state index contributed by atoms with van der Waals surface area (Å²) < 4.78 is 5.71. The zero-order chi connectivity index (χ0) is 22.3. The Kier molecular flexibility index (Phi) is 7.46. The molecule has 4 rings (SSSR count). The van der Waals surface area contributed by atoms with E-state index < -0.39 is 0 Å². The van der Waals surface area contributed by atoms with Gasteiger partial charge in [0.25, 0.3) is 0 Å². The minimum absolute atomic E-state index is 0.0669. The molecule has 0 bridgehead atoms. The molecule has 0 fully saturated rings. The maximum atomic E-state index is 12.4. The Labute approximate surface area is 195 Å². The second-order valence-corrected chi connectivity index (χ2v) is 9.27. The van der Waals surface area contributed by atoms with Crippen LogP contribution in [0.2, 0.25) is 0 Å². The van der Waals surface area contributed by atoms with Crippen molar-refractivity contribution in [2.24, 2.45) is 5.10 Å². The van der Waals surface area contributed by atoms with Gasteiger partial charge in [0.15, 0.2) is 11.6 Å². The van der Waals surface area contributed by atoms with Crippen molar-refractivity contribution in [2.45, 2.75) is 13.0 Å². The Morgan fingerprint density at radius 2 is 2.03 bits per heavy atom. The second kappa shape index (κ2) is 10.7. The summed E-state index contributed by atoms with van der Waals surface area (Å²) in [4.78, 5) is 27.7. The molecule has 1 aliphatic rings. The van der Waals surface area contributed by atoms with Gasteiger partial charge in [-0.25, -0.2) is 20.0 Å². The first-order valence-corrected chi connectivity index (χ1v) is 12.1. The summed E-state index contributed by atoms with van der Waals surface area (Å²) in [5.41, 5.74) is 2.65. The quantitative estimate of drug-likeness (QED) is 0.439. The number of hydrogen-bond acceptors (Lipinski definition) is 9. The van der Waals surface area contributed by atoms with Crippen LogP contribution < -0.4 is 4.74 Å². The van der Waals surface area contributed by atoms with Crippen LogP contribution in [0.1, 0.15) is 17.0 Å². The maximum absolute atomic E-state index is 12.4. The van der Waals surface area contributed by atoms with E-state index in [4.69, 9.17) is 4.74 Å². The molecule has 32 heavy (non-hydrogen) atoms. The van der Waals surface area contributed by atoms with E-state index in [1.807, 2.05) is 43.7 Å². The molecule has 0 saturated heterocycles. The molecule has 0 N–H and O–H groups in total. The van der Waals surface area contributed by atoms with E-state index in [2.05, 4.69) is 25.0 Å². The van der Waals surface area contributed by atoms with Gasteiger partial charge < -0.3 is 9.64 Å². The number of nitrogens with zero attached hydrogens (tertiary/aromatic N) is 6. The lowest BCUT2D eigenvalue weighted by atomic mass is 10.1. The van der Waals surface area contributed by atoms with Crippen LogP contribution >= 0.6 is 23.1 Å². The average Bonchev–Trinajstić information content (AvgIpc) is 3.34. The van der Waals surface area contributed by atoms with Crippen LogP contribution in [0.25, 0.3) is 11.4 Å². The van der Waals surface area contributed by atoms with Crippen molar-refractivity contribution in [3.63, 3.8) is 0 Å². The van der Waals surface area contributed by atoms with Crippen LogP contribution in [-0.4, -0.2) is 68.8 Å². The lowest BCUT2D eigenvalue weighted by molar-refractivity contribution is 0.222. The molecule has 10 heteroatoms. The minimum Gasteiger partial charge on any atom is -0.490 e. The Balaban J connectivity index is 1.42. The van der Waals surface area contributed by atoms with Gasteiger partial charge in [0.1, 0.15) is 10.7 Å². The van der Waals surface area contributed by atoms with E-state index in [-0.39, 0.29) is 5.24 Å². The first-order chi connectivity index (χ1) is 15.6. The number of ether oxygens (including phenoxy) is 1. The van der Waals surface area contributed by atoms with E-state index in [9.17, 15) is 4.79 Å². The molecule has 0 spiro atoms. The van der Waals surface area contributed by atoms with Gasteiger partial charge in [-0.1, -0.05) is 30.0 Å². The fraction of sp³-hybridized carbons (Fsp3) is 0.318. The number of benzene rings is 1. The highest BCUT2D eigenvalue weighted by molar-refractivity contribution is 8.14. The molecule has 0 atom stereocenters. The van der Waals surface area contributed by atoms with E-state index in [0.29, 0.717) is 30.5 Å². The summed E-state index contributed by atoms with van der Waals surface area (Å²) in [5.74, 6) is 1.81. The van der Waals surface area contributed by atoms with Gasteiger partial charge in [-0.15, -0.1) is 11.3 Å². The van der Waals surface area contributed by atoms with Gasteiger partial charge in [-0.2, -0.15) is 5.10 Å². The van der Waals surface area contributed by atoms with E-state index in [0.717, 1.165) is 34.8 Å². The molecular formula is C22H24N6O2S2. The van der Waals surface area contributed by atoms with E-state index in [1.54, 1.807) is 18.6 Å². The van der Waals surface area contributed by atoms with Crippen molar-refractivity contribution in [2.75, 3.05) is 33.0 Å². The summed E-state index contributed by atoms with van der Waals surface area (Å²) in [6, 6.07) is 7.84. The molecule has 1 amide bonds. The molecule has 1 aromatic carbocycles. The number of rotatable bonds is 9. The minimum atomic E-state index is -0.0669. The fourth-order valence-electron chi connectivity index (χ4n) is 3.08. The van der Waals surface area contributed by atoms with Gasteiger partial charge in [0, 0.05) is 23.7 Å².